The first-order valence-corrected chi connectivity index (χ1v) is 15.1. The predicted molar refractivity (Wildman–Crippen MR) is 151 cm³/mol. The Bertz CT molecular complexity index is 802. The van der Waals surface area contributed by atoms with E-state index in [0.29, 0.717) is 0 Å². The number of benzene rings is 3. The van der Waals surface area contributed by atoms with Crippen LogP contribution in [0.15, 0.2) is 103 Å². The van der Waals surface area contributed by atoms with Crippen molar-refractivity contribution in [2.24, 2.45) is 0 Å². The summed E-state index contributed by atoms with van der Waals surface area (Å²) in [6.07, 6.45) is 19.3. The molecule has 0 aromatic heterocycles. The van der Waals surface area contributed by atoms with Gasteiger partial charge < -0.3 is 0 Å². The lowest BCUT2D eigenvalue weighted by molar-refractivity contribution is 0.636. The number of unbranched alkanes of at least 4 members (excludes halogenated alkanes) is 8. The molecule has 3 aromatic carbocycles. The summed E-state index contributed by atoms with van der Waals surface area (Å²) in [6.45, 7) is 2.28. The van der Waals surface area contributed by atoms with E-state index < -0.39 is 7.26 Å². The van der Waals surface area contributed by atoms with Gasteiger partial charge in [0.2, 0.25) is 0 Å². The van der Waals surface area contributed by atoms with E-state index in [2.05, 4.69) is 110 Å². The largest absolute Gasteiger partial charge is 0.112 e. The Morgan fingerprint density at radius 1 is 0.485 bits per heavy atom. The van der Waals surface area contributed by atoms with Gasteiger partial charge in [-0.1, -0.05) is 99.4 Å². The van der Waals surface area contributed by atoms with E-state index in [-0.39, 0.29) is 0 Å². The highest BCUT2D eigenvalue weighted by atomic mass is 31.2. The molecule has 0 aliphatic carbocycles. The van der Waals surface area contributed by atoms with Crippen LogP contribution in [0.5, 0.6) is 0 Å². The smallest absolute Gasteiger partial charge is 0.0885 e. The van der Waals surface area contributed by atoms with Crippen molar-refractivity contribution < 1.29 is 0 Å². The first-order valence-electron chi connectivity index (χ1n) is 13.1. The van der Waals surface area contributed by atoms with Crippen LogP contribution in [0.3, 0.4) is 0 Å². The van der Waals surface area contributed by atoms with Crippen molar-refractivity contribution >= 4 is 23.2 Å². The lowest BCUT2D eigenvalue weighted by atomic mass is 10.1. The highest BCUT2D eigenvalue weighted by molar-refractivity contribution is 7.95. The molecule has 0 spiro atoms. The second kappa shape index (κ2) is 14.9. The van der Waals surface area contributed by atoms with Gasteiger partial charge in [0.25, 0.3) is 0 Å². The second-order valence-corrected chi connectivity index (χ2v) is 12.7. The molecule has 33 heavy (non-hydrogen) atoms. The summed E-state index contributed by atoms with van der Waals surface area (Å²) < 4.78 is 0. The molecule has 0 saturated heterocycles. The Hall–Kier alpha value is -2.17. The van der Waals surface area contributed by atoms with Crippen molar-refractivity contribution in [2.45, 2.75) is 71.1 Å². The lowest BCUT2D eigenvalue weighted by Gasteiger charge is -2.27. The highest BCUT2D eigenvalue weighted by Crippen LogP contribution is 2.55. The van der Waals surface area contributed by atoms with Crippen LogP contribution in [0.25, 0.3) is 0 Å². The van der Waals surface area contributed by atoms with Crippen LogP contribution in [0.4, 0.5) is 0 Å². The maximum Gasteiger partial charge on any atom is 0.112 e. The number of rotatable bonds is 15. The van der Waals surface area contributed by atoms with Crippen molar-refractivity contribution in [1.82, 2.24) is 0 Å². The first kappa shape index (κ1) is 25.5. The molecule has 0 aliphatic heterocycles. The van der Waals surface area contributed by atoms with Crippen molar-refractivity contribution in [3.8, 4) is 0 Å². The summed E-state index contributed by atoms with van der Waals surface area (Å²) in [7, 11) is -1.65. The monoisotopic (exact) mass is 457 g/mol. The van der Waals surface area contributed by atoms with Gasteiger partial charge >= 0.3 is 0 Å². The van der Waals surface area contributed by atoms with E-state index in [1.807, 2.05) is 0 Å². The number of allylic oxidation sites excluding steroid dienone is 2. The zero-order chi connectivity index (χ0) is 23.0. The van der Waals surface area contributed by atoms with Gasteiger partial charge in [0, 0.05) is 0 Å². The molecule has 0 atom stereocenters. The van der Waals surface area contributed by atoms with Crippen LogP contribution in [-0.2, 0) is 0 Å². The van der Waals surface area contributed by atoms with Gasteiger partial charge in [-0.2, -0.15) is 0 Å². The molecule has 0 unspecified atom stereocenters. The maximum absolute atomic E-state index is 2.42. The summed E-state index contributed by atoms with van der Waals surface area (Å²) in [4.78, 5) is 0. The van der Waals surface area contributed by atoms with Crippen LogP contribution in [0.2, 0.25) is 0 Å². The first-order chi connectivity index (χ1) is 16.4. The van der Waals surface area contributed by atoms with Crippen LogP contribution in [0.1, 0.15) is 71.1 Å². The normalized spacial score (nSPS) is 11.8. The predicted octanol–water partition coefficient (Wildman–Crippen LogP) is 8.46. The molecule has 0 bridgehead atoms. The standard InChI is InChI=1S/C32H42P/c1-2-3-4-5-6-7-8-9-10-11-12-22-29-33(30-23-16-13-17-24-30,31-25-18-14-19-26-31)32-27-20-15-21-28-32/h8-9,13-21,23-28H,2-7,10-12,22,29H2,1H3/q+1/b9-8-. The van der Waals surface area contributed by atoms with Crippen molar-refractivity contribution in [1.29, 1.82) is 0 Å². The summed E-state index contributed by atoms with van der Waals surface area (Å²) in [6, 6.07) is 33.8. The summed E-state index contributed by atoms with van der Waals surface area (Å²) in [5.41, 5.74) is 0. The van der Waals surface area contributed by atoms with Crippen LogP contribution < -0.4 is 15.9 Å². The Labute approximate surface area is 203 Å². The molecule has 0 amide bonds. The van der Waals surface area contributed by atoms with Crippen molar-refractivity contribution in [3.63, 3.8) is 0 Å². The molecule has 0 radical (unpaired) electrons. The molecular formula is C32H42P+. The molecule has 0 aliphatic rings. The van der Waals surface area contributed by atoms with Gasteiger partial charge in [-0.15, -0.1) is 0 Å². The Balaban J connectivity index is 1.63. The average molecular weight is 458 g/mol. The minimum atomic E-state index is -1.65. The van der Waals surface area contributed by atoms with Gasteiger partial charge in [-0.05, 0) is 74.9 Å². The molecule has 3 rings (SSSR count). The fourth-order valence-corrected chi connectivity index (χ4v) is 9.18. The van der Waals surface area contributed by atoms with E-state index in [0.717, 1.165) is 0 Å². The highest BCUT2D eigenvalue weighted by Gasteiger charge is 2.44. The van der Waals surface area contributed by atoms with Crippen LogP contribution in [0, 0.1) is 0 Å². The molecule has 0 heterocycles. The fourth-order valence-electron chi connectivity index (χ4n) is 4.77. The second-order valence-electron chi connectivity index (χ2n) is 9.06. The van der Waals surface area contributed by atoms with Gasteiger partial charge in [0.1, 0.15) is 23.2 Å². The molecule has 1 heteroatoms. The molecular weight excluding hydrogens is 415 g/mol. The minimum absolute atomic E-state index is 1.22. The Morgan fingerprint density at radius 2 is 0.879 bits per heavy atom. The molecule has 0 nitrogen and oxygen atoms in total. The van der Waals surface area contributed by atoms with Gasteiger partial charge in [0.05, 0.1) is 6.16 Å². The maximum atomic E-state index is 2.42. The fraction of sp³-hybridized carbons (Fsp3) is 0.375. The average Bonchev–Trinajstić information content (AvgIpc) is 2.89. The molecule has 3 aromatic rings. The van der Waals surface area contributed by atoms with E-state index >= 15 is 0 Å². The lowest BCUT2D eigenvalue weighted by Crippen LogP contribution is -2.33. The van der Waals surface area contributed by atoms with E-state index in [1.54, 1.807) is 0 Å². The number of hydrogen-bond acceptors (Lipinski definition) is 0. The zero-order valence-electron chi connectivity index (χ0n) is 20.5. The minimum Gasteiger partial charge on any atom is -0.0885 e. The Kier molecular flexibility index (Phi) is 11.5. The van der Waals surface area contributed by atoms with Crippen molar-refractivity contribution in [2.75, 3.05) is 6.16 Å². The summed E-state index contributed by atoms with van der Waals surface area (Å²) in [5.74, 6) is 0. The van der Waals surface area contributed by atoms with Gasteiger partial charge in [0.15, 0.2) is 0 Å². The van der Waals surface area contributed by atoms with Crippen LogP contribution in [-0.4, -0.2) is 6.16 Å². The third-order valence-electron chi connectivity index (χ3n) is 6.60. The van der Waals surface area contributed by atoms with Gasteiger partial charge in [-0.3, -0.25) is 0 Å². The molecule has 0 saturated carbocycles. The number of hydrogen-bond donors (Lipinski definition) is 0. The summed E-state index contributed by atoms with van der Waals surface area (Å²) >= 11 is 0. The van der Waals surface area contributed by atoms with Crippen LogP contribution >= 0.6 is 7.26 Å². The third kappa shape index (κ3) is 7.68. The molecule has 174 valence electrons. The summed E-state index contributed by atoms with van der Waals surface area (Å²) in [5, 5.41) is 4.51. The van der Waals surface area contributed by atoms with E-state index in [1.165, 1.54) is 86.3 Å². The molecule has 0 N–H and O–H groups in total. The molecule has 0 fully saturated rings. The topological polar surface area (TPSA) is 0 Å². The Morgan fingerprint density at radius 3 is 1.30 bits per heavy atom. The zero-order valence-corrected chi connectivity index (χ0v) is 21.4. The van der Waals surface area contributed by atoms with E-state index in [9.17, 15) is 0 Å². The third-order valence-corrected chi connectivity index (χ3v) is 11.1. The SMILES string of the molecule is CCCCCCC/C=C\CCCCC[P+](c1ccccc1)(c1ccccc1)c1ccccc1. The van der Waals surface area contributed by atoms with Gasteiger partial charge in [-0.25, -0.2) is 0 Å². The van der Waals surface area contributed by atoms with Crippen molar-refractivity contribution in [3.05, 3.63) is 103 Å². The quantitative estimate of drug-likeness (QED) is 0.122. The van der Waals surface area contributed by atoms with E-state index in [4.69, 9.17) is 0 Å².